The molecule has 0 saturated heterocycles. The van der Waals surface area contributed by atoms with Gasteiger partial charge >= 0.3 is 11.9 Å². The fourth-order valence-electron chi connectivity index (χ4n) is 1.55. The zero-order valence-electron chi connectivity index (χ0n) is 8.86. The van der Waals surface area contributed by atoms with Gasteiger partial charge in [0.1, 0.15) is 0 Å². The molecule has 0 fully saturated rings. The van der Waals surface area contributed by atoms with Gasteiger partial charge in [0.2, 0.25) is 0 Å². The number of nitrogens with two attached hydrogens (primary N) is 1. The fraction of sp³-hybridized carbons (Fsp3) is 0.200. The van der Waals surface area contributed by atoms with E-state index in [4.69, 9.17) is 5.73 Å². The Morgan fingerprint density at radius 1 is 1.33 bits per heavy atom. The van der Waals surface area contributed by atoms with Crippen LogP contribution in [0.1, 0.15) is 23.0 Å². The lowest BCUT2D eigenvalue weighted by Crippen LogP contribution is -2.20. The van der Waals surface area contributed by atoms with Gasteiger partial charge in [-0.15, -0.1) is 0 Å². The van der Waals surface area contributed by atoms with Gasteiger partial charge in [0.15, 0.2) is 5.82 Å². The third-order valence-corrected chi connectivity index (χ3v) is 2.35. The van der Waals surface area contributed by atoms with Gasteiger partial charge in [-0.1, -0.05) is 23.4 Å². The number of H-pyrrole nitrogens is 1. The number of halogens is 3. The summed E-state index contributed by atoms with van der Waals surface area (Å²) in [4.78, 5) is 12.9. The van der Waals surface area contributed by atoms with Crippen LogP contribution in [0, 0.1) is 0 Å². The van der Waals surface area contributed by atoms with Gasteiger partial charge < -0.3 is 5.73 Å². The van der Waals surface area contributed by atoms with Crippen LogP contribution in [0.15, 0.2) is 33.6 Å². The Labute approximate surface area is 98.4 Å². The molecule has 1 heterocycles. The molecule has 0 spiro atoms. The smallest absolute Gasteiger partial charge is 0.318 e. The number of alkyl halides is 3. The van der Waals surface area contributed by atoms with Crippen molar-refractivity contribution in [1.82, 2.24) is 10.1 Å². The van der Waals surface area contributed by atoms with E-state index < -0.39 is 23.5 Å². The van der Waals surface area contributed by atoms with Crippen LogP contribution >= 0.6 is 0 Å². The Bertz CT molecular complexity index is 603. The molecule has 1 unspecified atom stereocenters. The summed E-state index contributed by atoms with van der Waals surface area (Å²) in [5, 5.41) is 3.28. The molecule has 8 heteroatoms. The Morgan fingerprint density at radius 2 is 2.00 bits per heavy atom. The van der Waals surface area contributed by atoms with Gasteiger partial charge in [0.25, 0.3) is 0 Å². The molecular weight excluding hydrogens is 251 g/mol. The molecular formula is C10H8F3N3O2. The van der Waals surface area contributed by atoms with E-state index in [2.05, 4.69) is 14.7 Å². The Hall–Kier alpha value is -2.09. The summed E-state index contributed by atoms with van der Waals surface area (Å²) in [6, 6.07) is 3.59. The predicted molar refractivity (Wildman–Crippen MR) is 54.6 cm³/mol. The van der Waals surface area contributed by atoms with E-state index >= 15 is 0 Å². The summed E-state index contributed by atoms with van der Waals surface area (Å²) in [6.07, 6.45) is -4.53. The number of benzene rings is 1. The normalized spacial score (nSPS) is 13.6. The summed E-state index contributed by atoms with van der Waals surface area (Å²) in [7, 11) is 0. The maximum absolute atomic E-state index is 12.8. The molecule has 1 aromatic heterocycles. The molecule has 0 aliphatic heterocycles. The number of hydrogen-bond donors (Lipinski definition) is 2. The average Bonchev–Trinajstić information content (AvgIpc) is 2.74. The predicted octanol–water partition coefficient (Wildman–Crippen LogP) is 1.43. The molecule has 0 amide bonds. The van der Waals surface area contributed by atoms with Crippen molar-refractivity contribution in [3.63, 3.8) is 0 Å². The van der Waals surface area contributed by atoms with Crippen molar-refractivity contribution in [3.05, 3.63) is 51.8 Å². The SMILES string of the molecule is NC(c1noc(=O)[nH]1)c1ccccc1C(F)(F)F. The molecule has 18 heavy (non-hydrogen) atoms. The third kappa shape index (κ3) is 2.28. The molecule has 3 N–H and O–H groups in total. The van der Waals surface area contributed by atoms with E-state index in [1.807, 2.05) is 0 Å². The Morgan fingerprint density at radius 3 is 2.56 bits per heavy atom. The van der Waals surface area contributed by atoms with Crippen molar-refractivity contribution >= 4 is 0 Å². The second-order valence-corrected chi connectivity index (χ2v) is 3.54. The standard InChI is InChI=1S/C10H8F3N3O2/c11-10(12,13)6-4-2-1-3-5(6)7(14)8-15-9(17)18-16-8/h1-4,7H,14H2,(H,15,16,17). The van der Waals surface area contributed by atoms with E-state index in [1.54, 1.807) is 0 Å². The first-order chi connectivity index (χ1) is 8.39. The molecule has 0 radical (unpaired) electrons. The highest BCUT2D eigenvalue weighted by atomic mass is 19.4. The van der Waals surface area contributed by atoms with Gasteiger partial charge in [-0.2, -0.15) is 13.2 Å². The molecule has 1 aromatic carbocycles. The van der Waals surface area contributed by atoms with Crippen LogP contribution in [-0.4, -0.2) is 10.1 Å². The van der Waals surface area contributed by atoms with E-state index in [0.29, 0.717) is 0 Å². The molecule has 0 bridgehead atoms. The summed E-state index contributed by atoms with van der Waals surface area (Å²) in [5.41, 5.74) is 4.58. The first kappa shape index (κ1) is 12.4. The molecule has 0 aliphatic carbocycles. The summed E-state index contributed by atoms with van der Waals surface area (Å²) in [6.45, 7) is 0. The van der Waals surface area contributed by atoms with Gasteiger partial charge in [-0.25, -0.2) is 4.79 Å². The second kappa shape index (κ2) is 4.30. The second-order valence-electron chi connectivity index (χ2n) is 3.54. The van der Waals surface area contributed by atoms with Gasteiger partial charge in [0.05, 0.1) is 11.6 Å². The monoisotopic (exact) mass is 259 g/mol. The third-order valence-electron chi connectivity index (χ3n) is 2.35. The summed E-state index contributed by atoms with van der Waals surface area (Å²) in [5.74, 6) is -1.03. The van der Waals surface area contributed by atoms with E-state index in [9.17, 15) is 18.0 Å². The minimum atomic E-state index is -4.53. The van der Waals surface area contributed by atoms with Crippen molar-refractivity contribution in [1.29, 1.82) is 0 Å². The molecule has 2 aromatic rings. The van der Waals surface area contributed by atoms with Gasteiger partial charge in [0, 0.05) is 0 Å². The topological polar surface area (TPSA) is 84.9 Å². The van der Waals surface area contributed by atoms with Crippen molar-refractivity contribution in [2.45, 2.75) is 12.2 Å². The number of aromatic nitrogens is 2. The number of rotatable bonds is 2. The van der Waals surface area contributed by atoms with Gasteiger partial charge in [-0.3, -0.25) is 9.51 Å². The van der Waals surface area contributed by atoms with Crippen LogP contribution in [-0.2, 0) is 6.18 Å². The highest BCUT2D eigenvalue weighted by molar-refractivity contribution is 5.34. The highest BCUT2D eigenvalue weighted by Gasteiger charge is 2.35. The Balaban J connectivity index is 2.48. The zero-order valence-corrected chi connectivity index (χ0v) is 8.86. The van der Waals surface area contributed by atoms with Crippen LogP contribution < -0.4 is 11.5 Å². The highest BCUT2D eigenvalue weighted by Crippen LogP contribution is 2.34. The van der Waals surface area contributed by atoms with Crippen LogP contribution in [0.2, 0.25) is 0 Å². The minimum absolute atomic E-state index is 0.156. The lowest BCUT2D eigenvalue weighted by atomic mass is 10.00. The van der Waals surface area contributed by atoms with Crippen molar-refractivity contribution in [2.24, 2.45) is 5.73 Å². The largest absolute Gasteiger partial charge is 0.438 e. The van der Waals surface area contributed by atoms with Crippen LogP contribution in [0.5, 0.6) is 0 Å². The minimum Gasteiger partial charge on any atom is -0.318 e. The maximum Gasteiger partial charge on any atom is 0.438 e. The molecule has 5 nitrogen and oxygen atoms in total. The molecule has 2 rings (SSSR count). The fourth-order valence-corrected chi connectivity index (χ4v) is 1.55. The summed E-state index contributed by atoms with van der Waals surface area (Å²) < 4.78 is 42.5. The van der Waals surface area contributed by atoms with E-state index in [1.165, 1.54) is 18.2 Å². The average molecular weight is 259 g/mol. The number of hydrogen-bond acceptors (Lipinski definition) is 4. The van der Waals surface area contributed by atoms with Crippen molar-refractivity contribution in [3.8, 4) is 0 Å². The van der Waals surface area contributed by atoms with Crippen LogP contribution in [0.25, 0.3) is 0 Å². The maximum atomic E-state index is 12.8. The molecule has 96 valence electrons. The molecule has 1 atom stereocenters. The number of nitrogens with zero attached hydrogens (tertiary/aromatic N) is 1. The van der Waals surface area contributed by atoms with E-state index in [0.717, 1.165) is 6.07 Å². The quantitative estimate of drug-likeness (QED) is 0.854. The van der Waals surface area contributed by atoms with Crippen LogP contribution in [0.3, 0.4) is 0 Å². The van der Waals surface area contributed by atoms with Crippen LogP contribution in [0.4, 0.5) is 13.2 Å². The lowest BCUT2D eigenvalue weighted by Gasteiger charge is -2.15. The summed E-state index contributed by atoms with van der Waals surface area (Å²) >= 11 is 0. The number of nitrogens with one attached hydrogen (secondary N) is 1. The zero-order chi connectivity index (χ0) is 13.3. The number of aromatic amines is 1. The molecule has 0 saturated carbocycles. The van der Waals surface area contributed by atoms with Crippen molar-refractivity contribution < 1.29 is 17.7 Å². The van der Waals surface area contributed by atoms with Gasteiger partial charge in [-0.05, 0) is 11.6 Å². The van der Waals surface area contributed by atoms with Crippen molar-refractivity contribution in [2.75, 3.05) is 0 Å². The first-order valence-corrected chi connectivity index (χ1v) is 4.87. The first-order valence-electron chi connectivity index (χ1n) is 4.87. The Kier molecular flexibility index (Phi) is 2.95. The lowest BCUT2D eigenvalue weighted by molar-refractivity contribution is -0.138. The van der Waals surface area contributed by atoms with E-state index in [-0.39, 0.29) is 11.4 Å². The molecule has 0 aliphatic rings.